The molecule has 1 N–H and O–H groups in total. The molecule has 0 aromatic carbocycles. The lowest BCUT2D eigenvalue weighted by molar-refractivity contribution is 0.381. The van der Waals surface area contributed by atoms with Gasteiger partial charge in [0, 0.05) is 55.6 Å². The van der Waals surface area contributed by atoms with Gasteiger partial charge in [0.1, 0.15) is 0 Å². The third-order valence-electron chi connectivity index (χ3n) is 3.90. The van der Waals surface area contributed by atoms with Gasteiger partial charge in [0.2, 0.25) is 0 Å². The molecule has 0 saturated carbocycles. The second-order valence-electron chi connectivity index (χ2n) is 5.41. The lowest BCUT2D eigenvalue weighted by atomic mass is 10.0. The highest BCUT2D eigenvalue weighted by atomic mass is 32.1. The molecular formula is C14H21N5S. The maximum atomic E-state index is 4.39. The van der Waals surface area contributed by atoms with Crippen molar-refractivity contribution in [1.82, 2.24) is 20.1 Å². The van der Waals surface area contributed by atoms with Gasteiger partial charge < -0.3 is 10.2 Å². The average Bonchev–Trinajstić information content (AvgIpc) is 3.10. The van der Waals surface area contributed by atoms with Crippen LogP contribution in [0.3, 0.4) is 0 Å². The van der Waals surface area contributed by atoms with Gasteiger partial charge in [-0.15, -0.1) is 11.3 Å². The molecule has 5 nitrogen and oxygen atoms in total. The monoisotopic (exact) mass is 291 g/mol. The normalized spacial score (nSPS) is 18.4. The minimum atomic E-state index is 0.361. The first-order valence-electron chi connectivity index (χ1n) is 7.11. The number of anilines is 1. The van der Waals surface area contributed by atoms with E-state index in [0.717, 1.165) is 18.2 Å². The number of rotatable bonds is 4. The fourth-order valence-corrected chi connectivity index (χ4v) is 3.42. The van der Waals surface area contributed by atoms with E-state index < -0.39 is 0 Å². The van der Waals surface area contributed by atoms with E-state index in [9.17, 15) is 0 Å². The molecule has 20 heavy (non-hydrogen) atoms. The van der Waals surface area contributed by atoms with Crippen LogP contribution in [0, 0.1) is 0 Å². The Balaban J connectivity index is 1.51. The van der Waals surface area contributed by atoms with Crippen LogP contribution in [0.4, 0.5) is 5.13 Å². The second-order valence-corrected chi connectivity index (χ2v) is 6.28. The Bertz CT molecular complexity index is 528. The van der Waals surface area contributed by atoms with E-state index in [1.165, 1.54) is 18.4 Å². The maximum absolute atomic E-state index is 4.39. The summed E-state index contributed by atoms with van der Waals surface area (Å²) in [6, 6.07) is 0.946. The van der Waals surface area contributed by atoms with Crippen molar-refractivity contribution in [3.05, 3.63) is 29.5 Å². The van der Waals surface area contributed by atoms with Crippen LogP contribution in [0.2, 0.25) is 0 Å². The minimum absolute atomic E-state index is 0.361. The van der Waals surface area contributed by atoms with Crippen LogP contribution < -0.4 is 10.2 Å². The molecule has 0 amide bonds. The van der Waals surface area contributed by atoms with E-state index >= 15 is 0 Å². The van der Waals surface area contributed by atoms with Crippen molar-refractivity contribution < 1.29 is 0 Å². The van der Waals surface area contributed by atoms with Crippen LogP contribution >= 0.6 is 11.3 Å². The Labute approximate surface area is 123 Å². The molecule has 108 valence electrons. The summed E-state index contributed by atoms with van der Waals surface area (Å²) in [5, 5.41) is 11.2. The van der Waals surface area contributed by atoms with Gasteiger partial charge in [-0.3, -0.25) is 4.68 Å². The van der Waals surface area contributed by atoms with E-state index in [2.05, 4.69) is 33.4 Å². The number of piperidine rings is 1. The Hall–Kier alpha value is -1.40. The standard InChI is InChI=1S/C14H21N5S/c1-11(12-9-16-18(2)10-12)17-13-3-6-19(7-4-13)14-15-5-8-20-14/h5,8-11,13,17H,3-4,6-7H2,1-2H3. The van der Waals surface area contributed by atoms with Gasteiger partial charge in [-0.2, -0.15) is 5.10 Å². The molecule has 3 rings (SSSR count). The van der Waals surface area contributed by atoms with Crippen molar-refractivity contribution in [3.8, 4) is 0 Å². The maximum Gasteiger partial charge on any atom is 0.185 e. The summed E-state index contributed by atoms with van der Waals surface area (Å²) in [7, 11) is 1.96. The average molecular weight is 291 g/mol. The minimum Gasteiger partial charge on any atom is -0.348 e. The number of aryl methyl sites for hydroxylation is 1. The topological polar surface area (TPSA) is 46.0 Å². The zero-order chi connectivity index (χ0) is 13.9. The van der Waals surface area contributed by atoms with Gasteiger partial charge >= 0.3 is 0 Å². The first-order chi connectivity index (χ1) is 9.72. The summed E-state index contributed by atoms with van der Waals surface area (Å²) in [5.41, 5.74) is 1.26. The van der Waals surface area contributed by atoms with E-state index in [4.69, 9.17) is 0 Å². The largest absolute Gasteiger partial charge is 0.348 e. The Morgan fingerprint density at radius 2 is 2.20 bits per heavy atom. The summed E-state index contributed by atoms with van der Waals surface area (Å²) in [5.74, 6) is 0. The molecular weight excluding hydrogens is 270 g/mol. The lowest BCUT2D eigenvalue weighted by Crippen LogP contribution is -2.43. The predicted octanol–water partition coefficient (Wildman–Crippen LogP) is 2.20. The zero-order valence-corrected chi connectivity index (χ0v) is 12.8. The quantitative estimate of drug-likeness (QED) is 0.938. The van der Waals surface area contributed by atoms with Crippen molar-refractivity contribution in [3.63, 3.8) is 0 Å². The number of hydrogen-bond donors (Lipinski definition) is 1. The lowest BCUT2D eigenvalue weighted by Gasteiger charge is -2.33. The summed E-state index contributed by atoms with van der Waals surface area (Å²) in [6.07, 6.45) is 8.26. The first kappa shape index (κ1) is 13.6. The molecule has 0 aliphatic carbocycles. The molecule has 1 atom stereocenters. The highest BCUT2D eigenvalue weighted by Gasteiger charge is 2.22. The second kappa shape index (κ2) is 5.93. The summed E-state index contributed by atoms with van der Waals surface area (Å²) in [4.78, 5) is 6.78. The molecule has 1 fully saturated rings. The molecule has 0 radical (unpaired) electrons. The van der Waals surface area contributed by atoms with E-state index in [1.54, 1.807) is 11.3 Å². The summed E-state index contributed by atoms with van der Waals surface area (Å²) >= 11 is 1.73. The molecule has 1 unspecified atom stereocenters. The Morgan fingerprint density at radius 1 is 1.40 bits per heavy atom. The van der Waals surface area contributed by atoms with Gasteiger partial charge in [-0.1, -0.05) is 0 Å². The fourth-order valence-electron chi connectivity index (χ4n) is 2.72. The van der Waals surface area contributed by atoms with Crippen molar-refractivity contribution in [2.75, 3.05) is 18.0 Å². The van der Waals surface area contributed by atoms with Crippen molar-refractivity contribution in [2.24, 2.45) is 7.05 Å². The van der Waals surface area contributed by atoms with Gasteiger partial charge in [-0.25, -0.2) is 4.98 Å². The van der Waals surface area contributed by atoms with Crippen LogP contribution in [0.1, 0.15) is 31.4 Å². The van der Waals surface area contributed by atoms with Crippen LogP contribution in [0.5, 0.6) is 0 Å². The molecule has 1 saturated heterocycles. The van der Waals surface area contributed by atoms with Gasteiger partial charge in [-0.05, 0) is 19.8 Å². The van der Waals surface area contributed by atoms with Gasteiger partial charge in [0.25, 0.3) is 0 Å². The van der Waals surface area contributed by atoms with Crippen molar-refractivity contribution in [1.29, 1.82) is 0 Å². The third kappa shape index (κ3) is 3.02. The summed E-state index contributed by atoms with van der Waals surface area (Å²) in [6.45, 7) is 4.39. The number of thiazole rings is 1. The van der Waals surface area contributed by atoms with E-state index in [1.807, 2.05) is 29.5 Å². The van der Waals surface area contributed by atoms with Crippen molar-refractivity contribution in [2.45, 2.75) is 31.8 Å². The number of hydrogen-bond acceptors (Lipinski definition) is 5. The molecule has 0 bridgehead atoms. The number of nitrogens with zero attached hydrogens (tertiary/aromatic N) is 4. The fraction of sp³-hybridized carbons (Fsp3) is 0.571. The van der Waals surface area contributed by atoms with E-state index in [-0.39, 0.29) is 0 Å². The first-order valence-corrected chi connectivity index (χ1v) is 7.99. The SMILES string of the molecule is CC(NC1CCN(c2nccs2)CC1)c1cnn(C)c1. The molecule has 1 aliphatic rings. The van der Waals surface area contributed by atoms with Crippen LogP contribution in [0.25, 0.3) is 0 Å². The Kier molecular flexibility index (Phi) is 4.03. The third-order valence-corrected chi connectivity index (χ3v) is 4.73. The van der Waals surface area contributed by atoms with Crippen LogP contribution in [0.15, 0.2) is 24.0 Å². The molecule has 3 heterocycles. The van der Waals surface area contributed by atoms with Crippen molar-refractivity contribution >= 4 is 16.5 Å². The van der Waals surface area contributed by atoms with Gasteiger partial charge in [0.05, 0.1) is 6.20 Å². The predicted molar refractivity (Wildman–Crippen MR) is 82.1 cm³/mol. The van der Waals surface area contributed by atoms with E-state index in [0.29, 0.717) is 12.1 Å². The Morgan fingerprint density at radius 3 is 2.80 bits per heavy atom. The molecule has 0 spiro atoms. The number of aromatic nitrogens is 3. The van der Waals surface area contributed by atoms with Crippen LogP contribution in [-0.4, -0.2) is 33.9 Å². The smallest absolute Gasteiger partial charge is 0.185 e. The molecule has 6 heteroatoms. The molecule has 2 aromatic rings. The van der Waals surface area contributed by atoms with Crippen LogP contribution in [-0.2, 0) is 7.05 Å². The molecule has 1 aliphatic heterocycles. The number of nitrogens with one attached hydrogen (secondary N) is 1. The zero-order valence-electron chi connectivity index (χ0n) is 12.0. The highest BCUT2D eigenvalue weighted by molar-refractivity contribution is 7.13. The summed E-state index contributed by atoms with van der Waals surface area (Å²) < 4.78 is 1.86. The molecule has 2 aromatic heterocycles. The van der Waals surface area contributed by atoms with Gasteiger partial charge in [0.15, 0.2) is 5.13 Å². The highest BCUT2D eigenvalue weighted by Crippen LogP contribution is 2.23.